The minimum atomic E-state index is -0.217. The number of carbonyl (C=O) groups is 2. The molecular formula is C14H19ClN2O2. The molecule has 19 heavy (non-hydrogen) atoms. The maximum atomic E-state index is 11.9. The number of hydrogen-bond acceptors (Lipinski definition) is 2. The van der Waals surface area contributed by atoms with Gasteiger partial charge in [0, 0.05) is 26.6 Å². The maximum Gasteiger partial charge on any atom is 0.252 e. The van der Waals surface area contributed by atoms with Crippen LogP contribution in [-0.2, 0) is 4.79 Å². The molecule has 0 aromatic heterocycles. The Bertz CT molecular complexity index is 449. The number of nitrogens with zero attached hydrogens (tertiary/aromatic N) is 1. The second-order valence-electron chi connectivity index (χ2n) is 4.24. The van der Waals surface area contributed by atoms with E-state index in [0.29, 0.717) is 30.2 Å². The third-order valence-corrected chi connectivity index (χ3v) is 3.05. The quantitative estimate of drug-likeness (QED) is 0.870. The van der Waals surface area contributed by atoms with Crippen LogP contribution in [0.3, 0.4) is 0 Å². The summed E-state index contributed by atoms with van der Waals surface area (Å²) in [5.74, 6) is -0.195. The summed E-state index contributed by atoms with van der Waals surface area (Å²) in [7, 11) is 0. The summed E-state index contributed by atoms with van der Waals surface area (Å²) >= 11 is 5.94. The van der Waals surface area contributed by atoms with Crippen molar-refractivity contribution in [2.24, 2.45) is 0 Å². The van der Waals surface area contributed by atoms with Crippen molar-refractivity contribution in [2.75, 3.05) is 19.6 Å². The van der Waals surface area contributed by atoms with Gasteiger partial charge in [0.1, 0.15) is 0 Å². The van der Waals surface area contributed by atoms with Gasteiger partial charge in [-0.05, 0) is 18.6 Å². The van der Waals surface area contributed by atoms with Crippen molar-refractivity contribution >= 4 is 23.4 Å². The van der Waals surface area contributed by atoms with Crippen LogP contribution in [0.4, 0.5) is 0 Å². The molecule has 1 N–H and O–H groups in total. The first-order valence-electron chi connectivity index (χ1n) is 6.34. The zero-order chi connectivity index (χ0) is 14.3. The summed E-state index contributed by atoms with van der Waals surface area (Å²) in [5, 5.41) is 3.19. The third kappa shape index (κ3) is 4.91. The summed E-state index contributed by atoms with van der Waals surface area (Å²) in [6.07, 6.45) is 0.901. The number of amides is 2. The first-order chi connectivity index (χ1) is 9.06. The third-order valence-electron chi connectivity index (χ3n) is 2.72. The van der Waals surface area contributed by atoms with E-state index in [4.69, 9.17) is 11.6 Å². The smallest absolute Gasteiger partial charge is 0.252 e. The van der Waals surface area contributed by atoms with Gasteiger partial charge in [-0.25, -0.2) is 0 Å². The minimum absolute atomic E-state index is 0.0221. The Labute approximate surface area is 118 Å². The summed E-state index contributed by atoms with van der Waals surface area (Å²) < 4.78 is 0. The minimum Gasteiger partial charge on any atom is -0.350 e. The molecule has 0 saturated carbocycles. The Hall–Kier alpha value is -1.55. The van der Waals surface area contributed by atoms with Crippen LogP contribution in [0.5, 0.6) is 0 Å². The van der Waals surface area contributed by atoms with Crippen LogP contribution in [0.1, 0.15) is 30.6 Å². The van der Waals surface area contributed by atoms with Gasteiger partial charge in [0.2, 0.25) is 5.91 Å². The molecule has 0 saturated heterocycles. The van der Waals surface area contributed by atoms with Gasteiger partial charge in [0.25, 0.3) is 5.91 Å². The molecule has 2 amide bonds. The Balaban J connectivity index is 2.47. The highest BCUT2D eigenvalue weighted by atomic mass is 35.5. The second kappa shape index (κ2) is 7.79. The van der Waals surface area contributed by atoms with Crippen LogP contribution < -0.4 is 5.32 Å². The van der Waals surface area contributed by atoms with E-state index in [1.165, 1.54) is 6.92 Å². The predicted molar refractivity (Wildman–Crippen MR) is 76.3 cm³/mol. The first kappa shape index (κ1) is 15.5. The Kier molecular flexibility index (Phi) is 6.36. The van der Waals surface area contributed by atoms with E-state index in [1.54, 1.807) is 29.2 Å². The standard InChI is InChI=1S/C14H19ClN2O2/c1-3-9-17(11(2)18)10-8-16-14(19)12-6-4-5-7-13(12)15/h4-7H,3,8-10H2,1-2H3,(H,16,19). The van der Waals surface area contributed by atoms with Crippen LogP contribution in [0.2, 0.25) is 5.02 Å². The zero-order valence-electron chi connectivity index (χ0n) is 11.3. The highest BCUT2D eigenvalue weighted by molar-refractivity contribution is 6.33. The van der Waals surface area contributed by atoms with E-state index in [1.807, 2.05) is 6.92 Å². The highest BCUT2D eigenvalue weighted by Crippen LogP contribution is 2.14. The van der Waals surface area contributed by atoms with Gasteiger partial charge >= 0.3 is 0 Å². The van der Waals surface area contributed by atoms with Crippen molar-refractivity contribution in [1.29, 1.82) is 0 Å². The lowest BCUT2D eigenvalue weighted by molar-refractivity contribution is -0.128. The lowest BCUT2D eigenvalue weighted by Crippen LogP contribution is -2.37. The number of hydrogen-bond donors (Lipinski definition) is 1. The van der Waals surface area contributed by atoms with Crippen molar-refractivity contribution < 1.29 is 9.59 Å². The molecule has 104 valence electrons. The topological polar surface area (TPSA) is 49.4 Å². The first-order valence-corrected chi connectivity index (χ1v) is 6.72. The second-order valence-corrected chi connectivity index (χ2v) is 4.65. The molecule has 1 aromatic carbocycles. The van der Waals surface area contributed by atoms with E-state index in [0.717, 1.165) is 6.42 Å². The molecule has 1 rings (SSSR count). The van der Waals surface area contributed by atoms with Crippen molar-refractivity contribution in [3.05, 3.63) is 34.9 Å². The largest absolute Gasteiger partial charge is 0.350 e. The molecule has 4 nitrogen and oxygen atoms in total. The molecule has 0 atom stereocenters. The van der Waals surface area contributed by atoms with Crippen molar-refractivity contribution in [1.82, 2.24) is 10.2 Å². The fourth-order valence-corrected chi connectivity index (χ4v) is 1.96. The average Bonchev–Trinajstić information content (AvgIpc) is 2.37. The van der Waals surface area contributed by atoms with Crippen LogP contribution in [-0.4, -0.2) is 36.3 Å². The number of halogens is 1. The fraction of sp³-hybridized carbons (Fsp3) is 0.429. The van der Waals surface area contributed by atoms with Crippen LogP contribution in [0.25, 0.3) is 0 Å². The number of benzene rings is 1. The lowest BCUT2D eigenvalue weighted by atomic mass is 10.2. The van der Waals surface area contributed by atoms with Gasteiger partial charge in [-0.3, -0.25) is 9.59 Å². The van der Waals surface area contributed by atoms with E-state index in [-0.39, 0.29) is 11.8 Å². The predicted octanol–water partition coefficient (Wildman–Crippen LogP) is 2.33. The van der Waals surface area contributed by atoms with Gasteiger partial charge < -0.3 is 10.2 Å². The molecule has 1 aromatic rings. The lowest BCUT2D eigenvalue weighted by Gasteiger charge is -2.20. The Morgan fingerprint density at radius 2 is 1.95 bits per heavy atom. The molecule has 0 radical (unpaired) electrons. The Morgan fingerprint density at radius 3 is 2.53 bits per heavy atom. The van der Waals surface area contributed by atoms with Gasteiger partial charge in [0.15, 0.2) is 0 Å². The van der Waals surface area contributed by atoms with E-state index in [2.05, 4.69) is 5.32 Å². The van der Waals surface area contributed by atoms with E-state index >= 15 is 0 Å². The van der Waals surface area contributed by atoms with Gasteiger partial charge in [-0.1, -0.05) is 30.7 Å². The van der Waals surface area contributed by atoms with E-state index < -0.39 is 0 Å². The fourth-order valence-electron chi connectivity index (χ4n) is 1.74. The van der Waals surface area contributed by atoms with Gasteiger partial charge in [-0.15, -0.1) is 0 Å². The number of rotatable bonds is 6. The zero-order valence-corrected chi connectivity index (χ0v) is 12.0. The molecule has 0 heterocycles. The molecule has 0 aliphatic carbocycles. The van der Waals surface area contributed by atoms with E-state index in [9.17, 15) is 9.59 Å². The molecule has 0 aliphatic rings. The molecule has 0 bridgehead atoms. The van der Waals surface area contributed by atoms with Crippen molar-refractivity contribution in [2.45, 2.75) is 20.3 Å². The summed E-state index contributed by atoms with van der Waals surface area (Å²) in [5.41, 5.74) is 0.453. The number of nitrogens with one attached hydrogen (secondary N) is 1. The van der Waals surface area contributed by atoms with Crippen molar-refractivity contribution in [3.63, 3.8) is 0 Å². The average molecular weight is 283 g/mol. The monoisotopic (exact) mass is 282 g/mol. The molecule has 0 unspecified atom stereocenters. The van der Waals surface area contributed by atoms with Crippen LogP contribution >= 0.6 is 11.6 Å². The molecule has 0 spiro atoms. The molecule has 0 aliphatic heterocycles. The summed E-state index contributed by atoms with van der Waals surface area (Å²) in [6.45, 7) is 5.18. The van der Waals surface area contributed by atoms with Gasteiger partial charge in [-0.2, -0.15) is 0 Å². The number of carbonyl (C=O) groups excluding carboxylic acids is 2. The van der Waals surface area contributed by atoms with Crippen LogP contribution in [0.15, 0.2) is 24.3 Å². The van der Waals surface area contributed by atoms with Crippen LogP contribution in [0, 0.1) is 0 Å². The normalized spacial score (nSPS) is 10.1. The van der Waals surface area contributed by atoms with Crippen molar-refractivity contribution in [3.8, 4) is 0 Å². The SMILES string of the molecule is CCCN(CCNC(=O)c1ccccc1Cl)C(C)=O. The van der Waals surface area contributed by atoms with Gasteiger partial charge in [0.05, 0.1) is 10.6 Å². The maximum absolute atomic E-state index is 11.9. The molecular weight excluding hydrogens is 264 g/mol. The summed E-state index contributed by atoms with van der Waals surface area (Å²) in [6, 6.07) is 6.89. The summed E-state index contributed by atoms with van der Waals surface area (Å²) in [4.78, 5) is 24.9. The highest BCUT2D eigenvalue weighted by Gasteiger charge is 2.10. The Morgan fingerprint density at radius 1 is 1.26 bits per heavy atom. The molecule has 0 fully saturated rings. The molecule has 5 heteroatoms.